The van der Waals surface area contributed by atoms with Gasteiger partial charge in [-0.3, -0.25) is 23.2 Å². The van der Waals surface area contributed by atoms with Crippen LogP contribution >= 0.6 is 7.82 Å². The van der Waals surface area contributed by atoms with Crippen molar-refractivity contribution in [1.82, 2.24) is 0 Å². The van der Waals surface area contributed by atoms with E-state index in [1.54, 1.807) is 0 Å². The molecule has 0 aliphatic rings. The van der Waals surface area contributed by atoms with Gasteiger partial charge < -0.3 is 15.3 Å². The summed E-state index contributed by atoms with van der Waals surface area (Å²) in [5.74, 6) is -5.18. The van der Waals surface area contributed by atoms with E-state index in [-0.39, 0.29) is 13.2 Å². The normalized spacial score (nSPS) is 12.1. The number of phosphoric ester groups is 1. The van der Waals surface area contributed by atoms with Gasteiger partial charge in [0.15, 0.2) is 5.60 Å². The van der Waals surface area contributed by atoms with Crippen LogP contribution in [0.4, 0.5) is 0 Å². The highest BCUT2D eigenvalue weighted by Crippen LogP contribution is 2.54. The van der Waals surface area contributed by atoms with Crippen LogP contribution in [0.1, 0.15) is 26.7 Å². The van der Waals surface area contributed by atoms with Crippen molar-refractivity contribution in [1.29, 1.82) is 0 Å². The molecule has 21 heavy (non-hydrogen) atoms. The first-order valence-electron chi connectivity index (χ1n) is 5.87. The van der Waals surface area contributed by atoms with Crippen LogP contribution in [-0.2, 0) is 32.5 Å². The van der Waals surface area contributed by atoms with Crippen molar-refractivity contribution < 1.29 is 47.8 Å². The molecule has 0 aliphatic heterocycles. The van der Waals surface area contributed by atoms with Crippen molar-refractivity contribution in [2.75, 3.05) is 13.2 Å². The number of phosphoric acid groups is 1. The molecule has 0 aromatic heterocycles. The lowest BCUT2D eigenvalue weighted by Crippen LogP contribution is -2.45. The maximum absolute atomic E-state index is 12.2. The van der Waals surface area contributed by atoms with Crippen molar-refractivity contribution in [3.8, 4) is 0 Å². The second-order valence-electron chi connectivity index (χ2n) is 3.81. The molecular formula is C10H17O10P. The van der Waals surface area contributed by atoms with Crippen LogP contribution in [0.5, 0.6) is 0 Å². The van der Waals surface area contributed by atoms with Crippen molar-refractivity contribution in [3.63, 3.8) is 0 Å². The number of carboxylic acids is 3. The van der Waals surface area contributed by atoms with Gasteiger partial charge in [-0.25, -0.2) is 9.36 Å². The van der Waals surface area contributed by atoms with E-state index in [0.29, 0.717) is 0 Å². The van der Waals surface area contributed by atoms with Crippen molar-refractivity contribution >= 4 is 25.7 Å². The number of aliphatic carboxylic acids is 3. The van der Waals surface area contributed by atoms with E-state index >= 15 is 0 Å². The molecule has 0 aromatic rings. The summed E-state index contributed by atoms with van der Waals surface area (Å²) in [4.78, 5) is 32.9. The Morgan fingerprint density at radius 3 is 1.57 bits per heavy atom. The number of rotatable bonds is 11. The first kappa shape index (κ1) is 19.5. The predicted molar refractivity (Wildman–Crippen MR) is 66.8 cm³/mol. The van der Waals surface area contributed by atoms with Crippen LogP contribution in [-0.4, -0.2) is 52.0 Å². The Morgan fingerprint density at radius 1 is 0.952 bits per heavy atom. The zero-order valence-corrected chi connectivity index (χ0v) is 12.4. The van der Waals surface area contributed by atoms with Gasteiger partial charge in [0.05, 0.1) is 26.1 Å². The molecule has 0 saturated carbocycles. The molecule has 0 unspecified atom stereocenters. The molecule has 0 fully saturated rings. The Bertz CT molecular complexity index is 419. The van der Waals surface area contributed by atoms with E-state index in [2.05, 4.69) is 0 Å². The summed E-state index contributed by atoms with van der Waals surface area (Å²) >= 11 is 0. The Kier molecular flexibility index (Phi) is 7.51. The van der Waals surface area contributed by atoms with Crippen LogP contribution in [0.15, 0.2) is 0 Å². The average molecular weight is 328 g/mol. The maximum Gasteiger partial charge on any atom is 0.475 e. The molecule has 3 N–H and O–H groups in total. The lowest BCUT2D eigenvalue weighted by atomic mass is 9.96. The second kappa shape index (κ2) is 8.08. The van der Waals surface area contributed by atoms with Gasteiger partial charge in [0.25, 0.3) is 0 Å². The number of carbonyl (C=O) groups is 3. The Morgan fingerprint density at radius 2 is 1.33 bits per heavy atom. The smallest absolute Gasteiger partial charge is 0.475 e. The number of carboxylic acid groups (broad SMARTS) is 3. The van der Waals surface area contributed by atoms with Crippen LogP contribution in [0.3, 0.4) is 0 Å². The minimum Gasteiger partial charge on any atom is -0.481 e. The van der Waals surface area contributed by atoms with E-state index < -0.39 is 44.2 Å². The minimum atomic E-state index is -4.41. The largest absolute Gasteiger partial charge is 0.481 e. The zero-order chi connectivity index (χ0) is 16.7. The first-order chi connectivity index (χ1) is 9.60. The van der Waals surface area contributed by atoms with Gasteiger partial charge in [-0.05, 0) is 13.8 Å². The molecule has 122 valence electrons. The van der Waals surface area contributed by atoms with Crippen molar-refractivity contribution in [3.05, 3.63) is 0 Å². The fraction of sp³-hybridized carbons (Fsp3) is 0.700. The summed E-state index contributed by atoms with van der Waals surface area (Å²) in [5, 5.41) is 26.7. The summed E-state index contributed by atoms with van der Waals surface area (Å²) in [6.45, 7) is 2.50. The third-order valence-electron chi connectivity index (χ3n) is 2.12. The third kappa shape index (κ3) is 6.21. The summed E-state index contributed by atoms with van der Waals surface area (Å²) < 4.78 is 26.3. The lowest BCUT2D eigenvalue weighted by Gasteiger charge is -2.29. The topological polar surface area (TPSA) is 157 Å². The highest BCUT2D eigenvalue weighted by Gasteiger charge is 2.50. The van der Waals surface area contributed by atoms with E-state index in [1.165, 1.54) is 13.8 Å². The van der Waals surface area contributed by atoms with Gasteiger partial charge >= 0.3 is 25.7 Å². The molecule has 11 heteroatoms. The number of hydrogen-bond donors (Lipinski definition) is 3. The van der Waals surface area contributed by atoms with Gasteiger partial charge in [0.2, 0.25) is 0 Å². The van der Waals surface area contributed by atoms with Crippen LogP contribution in [0, 0.1) is 0 Å². The van der Waals surface area contributed by atoms with Gasteiger partial charge in [0, 0.05) is 0 Å². The molecule has 0 aliphatic carbocycles. The van der Waals surface area contributed by atoms with Crippen LogP contribution < -0.4 is 0 Å². The molecule has 0 radical (unpaired) electrons. The molecule has 0 atom stereocenters. The second-order valence-corrected chi connectivity index (χ2v) is 5.41. The molecule has 0 saturated heterocycles. The summed E-state index contributed by atoms with van der Waals surface area (Å²) in [5.41, 5.74) is -2.77. The Balaban J connectivity index is 5.63. The first-order valence-corrected chi connectivity index (χ1v) is 7.33. The Labute approximate surface area is 120 Å². The molecule has 0 spiro atoms. The number of hydrogen-bond acceptors (Lipinski definition) is 7. The minimum absolute atomic E-state index is 0.173. The average Bonchev–Trinajstić information content (AvgIpc) is 2.26. The molecule has 0 heterocycles. The fourth-order valence-corrected chi connectivity index (χ4v) is 2.87. The molecule has 0 bridgehead atoms. The SMILES string of the molecule is CCOP(=O)(OCC)OC(CC(=O)O)(CC(=O)O)C(=O)O. The van der Waals surface area contributed by atoms with Crippen molar-refractivity contribution in [2.45, 2.75) is 32.3 Å². The van der Waals surface area contributed by atoms with Gasteiger partial charge in [-0.15, -0.1) is 0 Å². The van der Waals surface area contributed by atoms with Gasteiger partial charge in [-0.1, -0.05) is 0 Å². The third-order valence-corrected chi connectivity index (χ3v) is 3.85. The summed E-state index contributed by atoms with van der Waals surface area (Å²) in [6, 6.07) is 0. The predicted octanol–water partition coefficient (Wildman–Crippen LogP) is 0.957. The van der Waals surface area contributed by atoms with E-state index in [0.717, 1.165) is 0 Å². The van der Waals surface area contributed by atoms with E-state index in [4.69, 9.17) is 28.9 Å². The molecule has 10 nitrogen and oxygen atoms in total. The van der Waals surface area contributed by atoms with Crippen LogP contribution in [0.25, 0.3) is 0 Å². The highest BCUT2D eigenvalue weighted by molar-refractivity contribution is 7.48. The van der Waals surface area contributed by atoms with Crippen molar-refractivity contribution in [2.24, 2.45) is 0 Å². The summed E-state index contributed by atoms with van der Waals surface area (Å²) in [6.07, 6.45) is -2.45. The van der Waals surface area contributed by atoms with E-state index in [9.17, 15) is 18.9 Å². The maximum atomic E-state index is 12.2. The molecule has 0 rings (SSSR count). The standard InChI is InChI=1S/C10H17O10P/c1-3-18-21(17,19-4-2)20-10(9(15)16,5-7(11)12)6-8(13)14/h3-6H2,1-2H3,(H,11,12)(H,13,14)(H,15,16). The molecular weight excluding hydrogens is 311 g/mol. The Hall–Kier alpha value is -1.48. The fourth-order valence-electron chi connectivity index (χ4n) is 1.43. The highest BCUT2D eigenvalue weighted by atomic mass is 31.2. The monoisotopic (exact) mass is 328 g/mol. The quantitative estimate of drug-likeness (QED) is 0.466. The van der Waals surface area contributed by atoms with E-state index in [1.807, 2.05) is 0 Å². The summed E-state index contributed by atoms with van der Waals surface area (Å²) in [7, 11) is -4.41. The van der Waals surface area contributed by atoms with Gasteiger partial charge in [-0.2, -0.15) is 0 Å². The van der Waals surface area contributed by atoms with Crippen LogP contribution in [0.2, 0.25) is 0 Å². The lowest BCUT2D eigenvalue weighted by molar-refractivity contribution is -0.169. The molecule has 0 amide bonds. The molecule has 0 aromatic carbocycles. The zero-order valence-electron chi connectivity index (χ0n) is 11.5. The van der Waals surface area contributed by atoms with Gasteiger partial charge in [0.1, 0.15) is 0 Å².